The molecule has 5 aromatic carbocycles. The maximum Gasteiger partial charge on any atom is 0.356 e. The average molecular weight is 914 g/mol. The predicted molar refractivity (Wildman–Crippen MR) is 259 cm³/mol. The maximum atomic E-state index is 14.5. The predicted octanol–water partition coefficient (Wildman–Crippen LogP) is 9.37. The molecule has 2 aromatic heterocycles. The largest absolute Gasteiger partial charge is 0.448 e. The molecule has 13 heteroatoms. The van der Waals surface area contributed by atoms with Crippen molar-refractivity contribution < 1.29 is 24.2 Å². The lowest BCUT2D eigenvalue weighted by atomic mass is 9.77. The number of nitrogens with one attached hydrogen (secondary N) is 2. The molecular formula is C52H43N5O5S3. The first kappa shape index (κ1) is 43.5. The number of rotatable bonds is 16. The lowest BCUT2D eigenvalue weighted by Gasteiger charge is -2.49. The Bertz CT molecular complexity index is 2660. The number of anilines is 1. The Kier molecular flexibility index (Phi) is 13.3. The lowest BCUT2D eigenvalue weighted by Crippen LogP contribution is -2.70. The van der Waals surface area contributed by atoms with Gasteiger partial charge in [-0.25, -0.2) is 9.78 Å². The van der Waals surface area contributed by atoms with Gasteiger partial charge < -0.3 is 20.5 Å². The number of aliphatic hydroxyl groups excluding tert-OH is 1. The maximum absolute atomic E-state index is 14.5. The van der Waals surface area contributed by atoms with Crippen LogP contribution in [0.4, 0.5) is 5.13 Å². The van der Waals surface area contributed by atoms with E-state index in [9.17, 15) is 19.5 Å². The van der Waals surface area contributed by atoms with Crippen molar-refractivity contribution in [2.45, 2.75) is 29.0 Å². The molecule has 65 heavy (non-hydrogen) atoms. The van der Waals surface area contributed by atoms with Crippen LogP contribution in [0.5, 0.6) is 0 Å². The molecule has 0 aliphatic carbocycles. The Morgan fingerprint density at radius 3 is 1.92 bits per heavy atom. The van der Waals surface area contributed by atoms with Gasteiger partial charge in [0.1, 0.15) is 28.6 Å². The molecule has 2 aliphatic heterocycles. The van der Waals surface area contributed by atoms with Crippen molar-refractivity contribution in [3.8, 4) is 0 Å². The summed E-state index contributed by atoms with van der Waals surface area (Å²) >= 11 is 4.11. The quantitative estimate of drug-likeness (QED) is 0.0490. The molecule has 1 saturated heterocycles. The van der Waals surface area contributed by atoms with E-state index in [1.165, 1.54) is 39.8 Å². The first-order valence-electron chi connectivity index (χ1n) is 21.0. The molecule has 2 amide bonds. The van der Waals surface area contributed by atoms with Gasteiger partial charge in [0.05, 0.1) is 12.3 Å². The molecule has 2 aliphatic rings. The highest BCUT2D eigenvalue weighted by molar-refractivity contribution is 8.08. The highest BCUT2D eigenvalue weighted by Crippen LogP contribution is 2.46. The van der Waals surface area contributed by atoms with Crippen molar-refractivity contribution in [1.29, 1.82) is 0 Å². The summed E-state index contributed by atoms with van der Waals surface area (Å²) in [6, 6.07) is 52.1. The van der Waals surface area contributed by atoms with E-state index in [4.69, 9.17) is 9.72 Å². The van der Waals surface area contributed by atoms with E-state index in [1.54, 1.807) is 17.8 Å². The minimum absolute atomic E-state index is 0.134. The Hall–Kier alpha value is -6.77. The van der Waals surface area contributed by atoms with Crippen LogP contribution in [0.1, 0.15) is 51.1 Å². The van der Waals surface area contributed by atoms with Crippen LogP contribution in [-0.4, -0.2) is 61.5 Å². The molecule has 0 saturated carbocycles. The number of carbonyl (C=O) groups is 3. The minimum atomic E-state index is -1.07. The Labute approximate surface area is 389 Å². The van der Waals surface area contributed by atoms with Crippen molar-refractivity contribution in [2.75, 3.05) is 17.7 Å². The summed E-state index contributed by atoms with van der Waals surface area (Å²) in [5, 5.41) is 20.9. The van der Waals surface area contributed by atoms with E-state index >= 15 is 0 Å². The molecule has 324 valence electrons. The summed E-state index contributed by atoms with van der Waals surface area (Å²) in [7, 11) is 0. The average Bonchev–Trinajstić information content (AvgIpc) is 3.83. The number of esters is 1. The summed E-state index contributed by atoms with van der Waals surface area (Å²) in [5.74, 6) is -2.35. The van der Waals surface area contributed by atoms with Crippen LogP contribution in [0, 0.1) is 0 Å². The molecular weight excluding hydrogens is 871 g/mol. The molecule has 1 fully saturated rings. The monoisotopic (exact) mass is 913 g/mol. The standard InChI is InChI=1S/C52H43N5O5S3/c58-32-41(42-33-65-51(54-42)56-52(38-22-10-3-11-23-38,39-24-12-4-13-25-39)40-26-14-5-15-27-40)47(59)55-44-48(60)57-45(43(34-64-49(44)57)63-30-28-35-17-16-29-53-31-35)50(61)62-46(36-18-6-1-7-19-36)37-20-8-2-9-21-37/h1-31,33,41,44,46,49,58H,32,34H2,(H,54,56)(H,55,59)/b30-28-/t41?,44?,49-/m1/s1. The molecule has 3 N–H and O–H groups in total. The molecule has 9 rings (SSSR count). The molecule has 4 heterocycles. The fourth-order valence-corrected chi connectivity index (χ4v) is 11.3. The minimum Gasteiger partial charge on any atom is -0.448 e. The van der Waals surface area contributed by atoms with Crippen molar-refractivity contribution in [1.82, 2.24) is 20.2 Å². The SMILES string of the molecule is O=C(OC(c1ccccc1)c1ccccc1)C1=C(S/C=C\c2cccnc2)CS[C@@H]2C(NC(=O)C(CO)c3csc(NC(c4ccccc4)(c4ccccc4)c4ccccc4)n3)C(=O)N12. The third-order valence-corrected chi connectivity index (χ3v) is 14.4. The van der Waals surface area contributed by atoms with Crippen LogP contribution >= 0.6 is 34.9 Å². The number of ether oxygens (including phenoxy) is 1. The second-order valence-corrected chi connectivity index (χ2v) is 18.2. The molecule has 7 aromatic rings. The number of hydrogen-bond acceptors (Lipinski definition) is 11. The highest BCUT2D eigenvalue weighted by Gasteiger charge is 2.55. The van der Waals surface area contributed by atoms with Gasteiger partial charge in [-0.05, 0) is 50.9 Å². The van der Waals surface area contributed by atoms with Gasteiger partial charge in [0.2, 0.25) is 5.91 Å². The number of fused-ring (bicyclic) bond motifs is 1. The van der Waals surface area contributed by atoms with E-state index in [0.717, 1.165) is 33.4 Å². The number of β-lactam (4-membered cyclic amide) rings is 1. The molecule has 0 radical (unpaired) electrons. The Morgan fingerprint density at radius 2 is 1.38 bits per heavy atom. The number of amides is 2. The van der Waals surface area contributed by atoms with Crippen LogP contribution in [-0.2, 0) is 24.7 Å². The van der Waals surface area contributed by atoms with Gasteiger partial charge in [-0.2, -0.15) is 0 Å². The molecule has 2 unspecified atom stereocenters. The van der Waals surface area contributed by atoms with Crippen LogP contribution in [0.3, 0.4) is 0 Å². The molecule has 0 spiro atoms. The van der Waals surface area contributed by atoms with Gasteiger partial charge in [-0.1, -0.05) is 169 Å². The van der Waals surface area contributed by atoms with E-state index in [2.05, 4.69) is 52.0 Å². The third-order valence-electron chi connectivity index (χ3n) is 11.3. The first-order valence-corrected chi connectivity index (χ1v) is 23.8. The highest BCUT2D eigenvalue weighted by atomic mass is 32.2. The fourth-order valence-electron chi connectivity index (χ4n) is 8.10. The summed E-state index contributed by atoms with van der Waals surface area (Å²) < 4.78 is 6.33. The summed E-state index contributed by atoms with van der Waals surface area (Å²) in [6.45, 7) is -0.541. The summed E-state index contributed by atoms with van der Waals surface area (Å²) in [6.07, 6.45) is 4.58. The smallest absolute Gasteiger partial charge is 0.356 e. The van der Waals surface area contributed by atoms with Gasteiger partial charge in [0.15, 0.2) is 11.2 Å². The van der Waals surface area contributed by atoms with E-state index in [1.807, 2.05) is 139 Å². The van der Waals surface area contributed by atoms with Crippen molar-refractivity contribution in [3.05, 3.63) is 237 Å². The zero-order valence-electron chi connectivity index (χ0n) is 34.8. The van der Waals surface area contributed by atoms with Gasteiger partial charge in [0, 0.05) is 28.4 Å². The molecule has 0 bridgehead atoms. The van der Waals surface area contributed by atoms with Crippen LogP contribution < -0.4 is 10.6 Å². The van der Waals surface area contributed by atoms with Gasteiger partial charge in [-0.3, -0.25) is 19.5 Å². The summed E-state index contributed by atoms with van der Waals surface area (Å²) in [5.41, 5.74) is 5.05. The van der Waals surface area contributed by atoms with E-state index < -0.39 is 53.4 Å². The lowest BCUT2D eigenvalue weighted by molar-refractivity contribution is -0.154. The zero-order chi connectivity index (χ0) is 44.6. The van der Waals surface area contributed by atoms with Crippen molar-refractivity contribution in [2.24, 2.45) is 0 Å². The normalized spacial score (nSPS) is 16.5. The zero-order valence-corrected chi connectivity index (χ0v) is 37.3. The topological polar surface area (TPSA) is 134 Å². The van der Waals surface area contributed by atoms with Crippen molar-refractivity contribution in [3.63, 3.8) is 0 Å². The van der Waals surface area contributed by atoms with Gasteiger partial charge in [-0.15, -0.1) is 23.1 Å². The number of aliphatic hydroxyl groups is 1. The number of thioether (sulfide) groups is 2. The van der Waals surface area contributed by atoms with Gasteiger partial charge >= 0.3 is 5.97 Å². The number of aromatic nitrogens is 2. The second-order valence-electron chi connectivity index (χ2n) is 15.3. The molecule has 3 atom stereocenters. The van der Waals surface area contributed by atoms with Crippen LogP contribution in [0.2, 0.25) is 0 Å². The van der Waals surface area contributed by atoms with Crippen LogP contribution in [0.25, 0.3) is 6.08 Å². The Morgan fingerprint density at radius 1 is 0.815 bits per heavy atom. The number of nitrogens with zero attached hydrogens (tertiary/aromatic N) is 3. The van der Waals surface area contributed by atoms with E-state index in [-0.39, 0.29) is 5.70 Å². The van der Waals surface area contributed by atoms with Crippen LogP contribution in [0.15, 0.2) is 198 Å². The number of thiazole rings is 1. The molecule has 10 nitrogen and oxygen atoms in total. The van der Waals surface area contributed by atoms with E-state index in [0.29, 0.717) is 21.5 Å². The Balaban J connectivity index is 0.969. The third kappa shape index (κ3) is 9.14. The number of carbonyl (C=O) groups excluding carboxylic acids is 3. The fraction of sp³-hybridized carbons (Fsp3) is 0.135. The number of pyridine rings is 1. The van der Waals surface area contributed by atoms with Crippen molar-refractivity contribution >= 4 is 63.9 Å². The number of benzene rings is 5. The second kappa shape index (κ2) is 20.0. The number of hydrogen-bond donors (Lipinski definition) is 3. The summed E-state index contributed by atoms with van der Waals surface area (Å²) in [4.78, 5) is 54.1. The first-order chi connectivity index (χ1) is 31.9. The van der Waals surface area contributed by atoms with Gasteiger partial charge in [0.25, 0.3) is 5.91 Å².